The molecule has 0 aliphatic heterocycles. The summed E-state index contributed by atoms with van der Waals surface area (Å²) in [5, 5.41) is 0.876. The van der Waals surface area contributed by atoms with E-state index in [1.165, 1.54) is 56.9 Å². The van der Waals surface area contributed by atoms with Crippen LogP contribution >= 0.6 is 17.7 Å². The van der Waals surface area contributed by atoms with Crippen LogP contribution in [0.15, 0.2) is 24.3 Å². The van der Waals surface area contributed by atoms with E-state index >= 15 is 0 Å². The van der Waals surface area contributed by atoms with E-state index in [1.807, 2.05) is 18.2 Å². The van der Waals surface area contributed by atoms with E-state index in [0.29, 0.717) is 0 Å². The Bertz CT molecular complexity index is 428. The van der Waals surface area contributed by atoms with Crippen LogP contribution in [-0.4, -0.2) is 4.89 Å². The highest BCUT2D eigenvalue weighted by Gasteiger charge is 2.13. The summed E-state index contributed by atoms with van der Waals surface area (Å²) >= 11 is 9.34. The molecule has 1 nitrogen and oxygen atoms in total. The van der Waals surface area contributed by atoms with Crippen molar-refractivity contribution in [2.24, 2.45) is 0 Å². The van der Waals surface area contributed by atoms with Crippen molar-refractivity contribution in [2.75, 3.05) is 0 Å². The lowest BCUT2D eigenvalue weighted by atomic mass is 10.0. The summed E-state index contributed by atoms with van der Waals surface area (Å²) in [6.07, 6.45) is 11.6. The lowest BCUT2D eigenvalue weighted by Gasteiger charge is -2.13. The Hall–Kier alpha value is 0.180. The average molecular weight is 330 g/mol. The van der Waals surface area contributed by atoms with E-state index < -0.39 is 5.47 Å². The van der Waals surface area contributed by atoms with Crippen LogP contribution in [0.2, 0.25) is 0 Å². The van der Waals surface area contributed by atoms with Crippen molar-refractivity contribution in [3.05, 3.63) is 29.8 Å². The second-order valence-electron chi connectivity index (χ2n) is 5.40. The van der Waals surface area contributed by atoms with Gasteiger partial charge in [-0.15, -0.1) is 12.2 Å². The molecule has 0 aliphatic carbocycles. The molecule has 0 bridgehead atoms. The molecule has 0 aromatic heterocycles. The maximum Gasteiger partial charge on any atom is 0.143 e. The fraction of sp³-hybridized carbons (Fsp3) is 0.625. The highest BCUT2D eigenvalue weighted by molar-refractivity contribution is 8.63. The SMILES string of the molecule is CCCCCCCCCCc1ccccc1P(O)(=S)S. The molecule has 1 unspecified atom stereocenters. The van der Waals surface area contributed by atoms with Gasteiger partial charge in [0.25, 0.3) is 0 Å². The first-order valence-corrected chi connectivity index (χ1v) is 11.6. The van der Waals surface area contributed by atoms with Gasteiger partial charge in [0.05, 0.1) is 0 Å². The van der Waals surface area contributed by atoms with Crippen LogP contribution in [-0.2, 0) is 18.2 Å². The van der Waals surface area contributed by atoms with Crippen molar-refractivity contribution in [1.82, 2.24) is 0 Å². The van der Waals surface area contributed by atoms with Crippen LogP contribution in [0, 0.1) is 0 Å². The third-order valence-electron chi connectivity index (χ3n) is 3.61. The van der Waals surface area contributed by atoms with E-state index in [0.717, 1.165) is 11.7 Å². The normalized spacial score (nSPS) is 14.2. The Balaban J connectivity index is 2.27. The summed E-state index contributed by atoms with van der Waals surface area (Å²) in [6, 6.07) is 7.94. The Morgan fingerprint density at radius 2 is 1.55 bits per heavy atom. The first-order valence-electron chi connectivity index (χ1n) is 7.69. The van der Waals surface area contributed by atoms with Gasteiger partial charge in [-0.3, -0.25) is 0 Å². The minimum atomic E-state index is -2.60. The predicted octanol–water partition coefficient (Wildman–Crippen LogP) is 5.23. The lowest BCUT2D eigenvalue weighted by Crippen LogP contribution is -2.08. The molecule has 0 saturated heterocycles. The zero-order valence-corrected chi connectivity index (χ0v) is 15.0. The topological polar surface area (TPSA) is 20.2 Å². The van der Waals surface area contributed by atoms with E-state index in [2.05, 4.69) is 25.2 Å². The Kier molecular flexibility index (Phi) is 9.11. The molecule has 1 aromatic carbocycles. The molecular formula is C16H27OPS2. The zero-order valence-electron chi connectivity index (χ0n) is 12.4. The monoisotopic (exact) mass is 330 g/mol. The summed E-state index contributed by atoms with van der Waals surface area (Å²) < 4.78 is 0. The number of unbranched alkanes of at least 4 members (excludes halogenated alkanes) is 7. The number of hydrogen-bond donors (Lipinski definition) is 2. The molecular weight excluding hydrogens is 303 g/mol. The molecule has 1 rings (SSSR count). The van der Waals surface area contributed by atoms with Crippen LogP contribution in [0.4, 0.5) is 0 Å². The van der Waals surface area contributed by atoms with Gasteiger partial charge in [-0.2, -0.15) is 0 Å². The van der Waals surface area contributed by atoms with Crippen LogP contribution in [0.3, 0.4) is 0 Å². The van der Waals surface area contributed by atoms with Gasteiger partial charge in [0, 0.05) is 5.30 Å². The third kappa shape index (κ3) is 7.26. The number of rotatable bonds is 10. The Labute approximate surface area is 134 Å². The summed E-state index contributed by atoms with van der Waals surface area (Å²) in [7, 11) is 0. The van der Waals surface area contributed by atoms with Gasteiger partial charge in [-0.25, -0.2) is 0 Å². The molecule has 1 atom stereocenters. The van der Waals surface area contributed by atoms with Crippen LogP contribution in [0.1, 0.15) is 63.9 Å². The number of benzene rings is 1. The Morgan fingerprint density at radius 3 is 2.15 bits per heavy atom. The molecule has 0 fully saturated rings. The standard InChI is InChI=1S/C16H27OPS2/c1-2-3-4-5-6-7-8-9-12-15-13-10-11-14-16(15)18(17,19)20/h10-11,13-14H,2-9,12H2,1H3,(H2,17,19,20). The maximum absolute atomic E-state index is 9.98. The first-order chi connectivity index (χ1) is 9.55. The van der Waals surface area contributed by atoms with E-state index in [-0.39, 0.29) is 0 Å². The fourth-order valence-electron chi connectivity index (χ4n) is 2.46. The van der Waals surface area contributed by atoms with Crippen LogP contribution < -0.4 is 5.30 Å². The first kappa shape index (κ1) is 18.2. The second kappa shape index (κ2) is 10.00. The highest BCUT2D eigenvalue weighted by atomic mass is 32.9. The summed E-state index contributed by atoms with van der Waals surface area (Å²) in [5.74, 6) is 0. The van der Waals surface area contributed by atoms with Gasteiger partial charge in [0.1, 0.15) is 5.47 Å². The number of thiol groups is 1. The highest BCUT2D eigenvalue weighted by Crippen LogP contribution is 2.45. The minimum Gasteiger partial charge on any atom is -0.354 e. The van der Waals surface area contributed by atoms with Gasteiger partial charge in [-0.05, 0) is 18.4 Å². The van der Waals surface area contributed by atoms with Crippen molar-refractivity contribution < 1.29 is 4.89 Å². The molecule has 1 N–H and O–H groups in total. The molecule has 1 aromatic rings. The third-order valence-corrected chi connectivity index (χ3v) is 5.91. The van der Waals surface area contributed by atoms with Crippen molar-refractivity contribution >= 4 is 34.8 Å². The van der Waals surface area contributed by atoms with Gasteiger partial charge >= 0.3 is 0 Å². The summed E-state index contributed by atoms with van der Waals surface area (Å²) in [4.78, 5) is 9.98. The van der Waals surface area contributed by atoms with E-state index in [1.54, 1.807) is 0 Å². The zero-order chi connectivity index (χ0) is 14.8. The van der Waals surface area contributed by atoms with Crippen molar-refractivity contribution in [2.45, 2.75) is 64.7 Å². The second-order valence-corrected chi connectivity index (χ2v) is 11.1. The quantitative estimate of drug-likeness (QED) is 0.348. The number of aryl methyl sites for hydroxylation is 1. The van der Waals surface area contributed by atoms with Crippen LogP contribution in [0.5, 0.6) is 0 Å². The van der Waals surface area contributed by atoms with Crippen LogP contribution in [0.25, 0.3) is 0 Å². The fourth-order valence-corrected chi connectivity index (χ4v) is 4.42. The molecule has 0 heterocycles. The smallest absolute Gasteiger partial charge is 0.143 e. The largest absolute Gasteiger partial charge is 0.354 e. The molecule has 0 spiro atoms. The molecule has 114 valence electrons. The summed E-state index contributed by atoms with van der Waals surface area (Å²) in [6.45, 7) is 2.25. The molecule has 4 heteroatoms. The molecule has 0 aliphatic rings. The molecule has 0 amide bonds. The van der Waals surface area contributed by atoms with Crippen molar-refractivity contribution in [3.63, 3.8) is 0 Å². The van der Waals surface area contributed by atoms with Gasteiger partial charge in [-0.1, -0.05) is 87.9 Å². The lowest BCUT2D eigenvalue weighted by molar-refractivity contribution is 0.575. The molecule has 0 radical (unpaired) electrons. The van der Waals surface area contributed by atoms with E-state index in [4.69, 9.17) is 11.8 Å². The predicted molar refractivity (Wildman–Crippen MR) is 97.9 cm³/mol. The van der Waals surface area contributed by atoms with Crippen molar-refractivity contribution in [1.29, 1.82) is 0 Å². The van der Waals surface area contributed by atoms with Crippen molar-refractivity contribution in [3.8, 4) is 0 Å². The molecule has 20 heavy (non-hydrogen) atoms. The maximum atomic E-state index is 9.98. The van der Waals surface area contributed by atoms with Gasteiger partial charge < -0.3 is 4.89 Å². The van der Waals surface area contributed by atoms with E-state index in [9.17, 15) is 4.89 Å². The van der Waals surface area contributed by atoms with Gasteiger partial charge in [0.2, 0.25) is 0 Å². The minimum absolute atomic E-state index is 0.876. The molecule has 0 saturated carbocycles. The van der Waals surface area contributed by atoms with Gasteiger partial charge in [0.15, 0.2) is 0 Å². The Morgan fingerprint density at radius 1 is 1.00 bits per heavy atom. The average Bonchev–Trinajstić information content (AvgIpc) is 2.41. The summed E-state index contributed by atoms with van der Waals surface area (Å²) in [5.41, 5.74) is -1.42. The number of hydrogen-bond acceptors (Lipinski definition) is 1.